The van der Waals surface area contributed by atoms with Gasteiger partial charge in [0.2, 0.25) is 0 Å². The van der Waals surface area contributed by atoms with E-state index in [1.807, 2.05) is 0 Å². The minimum atomic E-state index is -4.56. The van der Waals surface area contributed by atoms with Crippen molar-refractivity contribution >= 4 is 5.69 Å². The van der Waals surface area contributed by atoms with Gasteiger partial charge in [-0.25, -0.2) is 0 Å². The highest BCUT2D eigenvalue weighted by atomic mass is 19.4. The molecule has 0 amide bonds. The van der Waals surface area contributed by atoms with Crippen molar-refractivity contribution in [1.82, 2.24) is 0 Å². The Hall–Kier alpha value is -1.74. The van der Waals surface area contributed by atoms with E-state index < -0.39 is 17.3 Å². The highest BCUT2D eigenvalue weighted by Crippen LogP contribution is 2.35. The number of hydrogen-bond acceptors (Lipinski definition) is 3. The first-order valence-corrected chi connectivity index (χ1v) is 6.80. The lowest BCUT2D eigenvalue weighted by Crippen LogP contribution is -2.39. The molecule has 21 heavy (non-hydrogen) atoms. The first-order valence-electron chi connectivity index (χ1n) is 6.80. The maximum atomic E-state index is 12.9. The molecule has 2 rings (SSSR count). The van der Waals surface area contributed by atoms with Gasteiger partial charge in [0, 0.05) is 19.3 Å². The number of alkyl halides is 3. The molecule has 6 heteroatoms. The van der Waals surface area contributed by atoms with Gasteiger partial charge >= 0.3 is 6.18 Å². The van der Waals surface area contributed by atoms with Crippen LogP contribution >= 0.6 is 0 Å². The fourth-order valence-electron chi connectivity index (χ4n) is 2.83. The quantitative estimate of drug-likeness (QED) is 0.931. The molecule has 114 valence electrons. The van der Waals surface area contributed by atoms with Crippen LogP contribution in [0, 0.1) is 11.3 Å². The number of nitriles is 1. The molecule has 1 N–H and O–H groups in total. The summed E-state index contributed by atoms with van der Waals surface area (Å²) in [6.07, 6.45) is -1.36. The van der Waals surface area contributed by atoms with E-state index in [-0.39, 0.29) is 12.1 Å². The average molecular weight is 298 g/mol. The van der Waals surface area contributed by atoms with Crippen molar-refractivity contribution in [2.24, 2.45) is 0 Å². The van der Waals surface area contributed by atoms with Gasteiger partial charge < -0.3 is 10.0 Å². The first-order chi connectivity index (χ1) is 9.75. The van der Waals surface area contributed by atoms with Gasteiger partial charge in [-0.2, -0.15) is 18.4 Å². The SMILES string of the molecule is CN(CC1(O)CCCC1)c1ccc(C#N)c(C(F)(F)F)c1. The van der Waals surface area contributed by atoms with Gasteiger partial charge in [-0.05, 0) is 31.0 Å². The molecule has 0 atom stereocenters. The summed E-state index contributed by atoms with van der Waals surface area (Å²) in [7, 11) is 1.65. The highest BCUT2D eigenvalue weighted by Gasteiger charge is 2.35. The highest BCUT2D eigenvalue weighted by molar-refractivity contribution is 5.54. The van der Waals surface area contributed by atoms with Gasteiger partial charge in [-0.15, -0.1) is 0 Å². The monoisotopic (exact) mass is 298 g/mol. The average Bonchev–Trinajstić information content (AvgIpc) is 2.83. The number of likely N-dealkylation sites (N-methyl/N-ethyl adjacent to an activating group) is 1. The number of anilines is 1. The number of nitrogens with zero attached hydrogens (tertiary/aromatic N) is 2. The Balaban J connectivity index is 2.26. The summed E-state index contributed by atoms with van der Waals surface area (Å²) in [6.45, 7) is 0.288. The van der Waals surface area contributed by atoms with Gasteiger partial charge in [0.1, 0.15) is 0 Å². The van der Waals surface area contributed by atoms with E-state index in [2.05, 4.69) is 0 Å². The van der Waals surface area contributed by atoms with Crippen molar-refractivity contribution in [2.75, 3.05) is 18.5 Å². The summed E-state index contributed by atoms with van der Waals surface area (Å²) in [4.78, 5) is 1.61. The van der Waals surface area contributed by atoms with Crippen LogP contribution in [-0.4, -0.2) is 24.3 Å². The zero-order chi connectivity index (χ0) is 15.7. The summed E-state index contributed by atoms with van der Waals surface area (Å²) in [5, 5.41) is 19.1. The fraction of sp³-hybridized carbons (Fsp3) is 0.533. The van der Waals surface area contributed by atoms with Crippen LogP contribution in [0.25, 0.3) is 0 Å². The molecular weight excluding hydrogens is 281 g/mol. The molecule has 3 nitrogen and oxygen atoms in total. The zero-order valence-electron chi connectivity index (χ0n) is 11.7. The van der Waals surface area contributed by atoms with Crippen LogP contribution in [0.3, 0.4) is 0 Å². The topological polar surface area (TPSA) is 47.3 Å². The molecule has 0 spiro atoms. The maximum Gasteiger partial charge on any atom is 0.417 e. The van der Waals surface area contributed by atoms with E-state index in [4.69, 9.17) is 5.26 Å². The third kappa shape index (κ3) is 3.48. The third-order valence-electron chi connectivity index (χ3n) is 3.94. The summed E-state index contributed by atoms with van der Waals surface area (Å²) in [5.41, 5.74) is -1.81. The van der Waals surface area contributed by atoms with Crippen molar-refractivity contribution in [3.8, 4) is 6.07 Å². The first kappa shape index (κ1) is 15.6. The van der Waals surface area contributed by atoms with Crippen LogP contribution in [0.2, 0.25) is 0 Å². The largest absolute Gasteiger partial charge is 0.417 e. The molecule has 1 aromatic rings. The van der Waals surface area contributed by atoms with Crippen LogP contribution in [0.1, 0.15) is 36.8 Å². The molecule has 1 aromatic carbocycles. The minimum absolute atomic E-state index is 0.288. The third-order valence-corrected chi connectivity index (χ3v) is 3.94. The maximum absolute atomic E-state index is 12.9. The molecule has 0 bridgehead atoms. The van der Waals surface area contributed by atoms with Crippen molar-refractivity contribution in [3.63, 3.8) is 0 Å². The van der Waals surface area contributed by atoms with Crippen molar-refractivity contribution in [1.29, 1.82) is 5.26 Å². The number of halogens is 3. The van der Waals surface area contributed by atoms with E-state index in [1.54, 1.807) is 18.0 Å². The van der Waals surface area contributed by atoms with E-state index in [0.717, 1.165) is 18.9 Å². The molecule has 1 saturated carbocycles. The Bertz CT molecular complexity index is 557. The molecule has 0 aromatic heterocycles. The molecule has 1 aliphatic carbocycles. The van der Waals surface area contributed by atoms with Crippen molar-refractivity contribution < 1.29 is 18.3 Å². The molecule has 1 fully saturated rings. The Morgan fingerprint density at radius 2 is 1.95 bits per heavy atom. The molecular formula is C15H17F3N2O. The second-order valence-corrected chi connectivity index (χ2v) is 5.63. The standard InChI is InChI=1S/C15H17F3N2O/c1-20(10-14(21)6-2-3-7-14)12-5-4-11(9-19)13(8-12)15(16,17)18/h4-5,8,21H,2-3,6-7,10H2,1H3. The molecule has 1 aliphatic rings. The lowest BCUT2D eigenvalue weighted by molar-refractivity contribution is -0.137. The molecule has 0 unspecified atom stereocenters. The number of benzene rings is 1. The van der Waals surface area contributed by atoms with E-state index in [1.165, 1.54) is 12.1 Å². The van der Waals surface area contributed by atoms with E-state index >= 15 is 0 Å². The summed E-state index contributed by atoms with van der Waals surface area (Å²) >= 11 is 0. The second-order valence-electron chi connectivity index (χ2n) is 5.63. The lowest BCUT2D eigenvalue weighted by atomic mass is 10.0. The second kappa shape index (κ2) is 5.57. The predicted molar refractivity (Wildman–Crippen MR) is 72.8 cm³/mol. The Kier molecular flexibility index (Phi) is 4.15. The summed E-state index contributed by atoms with van der Waals surface area (Å²) < 4.78 is 38.8. The van der Waals surface area contributed by atoms with Crippen LogP contribution in [0.4, 0.5) is 18.9 Å². The van der Waals surface area contributed by atoms with Gasteiger partial charge in [-0.3, -0.25) is 0 Å². The smallest absolute Gasteiger partial charge is 0.388 e. The Morgan fingerprint density at radius 3 is 2.48 bits per heavy atom. The summed E-state index contributed by atoms with van der Waals surface area (Å²) in [6, 6.07) is 5.18. The van der Waals surface area contributed by atoms with Crippen LogP contribution in [-0.2, 0) is 6.18 Å². The van der Waals surface area contributed by atoms with E-state index in [9.17, 15) is 18.3 Å². The minimum Gasteiger partial charge on any atom is -0.388 e. The number of hydrogen-bond donors (Lipinski definition) is 1. The van der Waals surface area contributed by atoms with Gasteiger partial charge in [0.05, 0.1) is 22.8 Å². The Labute approximate surface area is 121 Å². The van der Waals surface area contributed by atoms with Crippen LogP contribution in [0.5, 0.6) is 0 Å². The predicted octanol–water partition coefficient (Wildman–Crippen LogP) is 3.32. The van der Waals surface area contributed by atoms with Gasteiger partial charge in [-0.1, -0.05) is 12.8 Å². The normalized spacial score (nSPS) is 17.5. The zero-order valence-corrected chi connectivity index (χ0v) is 11.7. The lowest BCUT2D eigenvalue weighted by Gasteiger charge is -2.30. The van der Waals surface area contributed by atoms with Crippen LogP contribution in [0.15, 0.2) is 18.2 Å². The fourth-order valence-corrected chi connectivity index (χ4v) is 2.83. The Morgan fingerprint density at radius 1 is 1.33 bits per heavy atom. The molecule has 0 aliphatic heterocycles. The van der Waals surface area contributed by atoms with Crippen molar-refractivity contribution in [2.45, 2.75) is 37.5 Å². The van der Waals surface area contributed by atoms with Gasteiger partial charge in [0.15, 0.2) is 0 Å². The van der Waals surface area contributed by atoms with E-state index in [0.29, 0.717) is 18.5 Å². The number of rotatable bonds is 3. The van der Waals surface area contributed by atoms with Crippen LogP contribution < -0.4 is 4.90 Å². The van der Waals surface area contributed by atoms with Gasteiger partial charge in [0.25, 0.3) is 0 Å². The summed E-state index contributed by atoms with van der Waals surface area (Å²) in [5.74, 6) is 0. The van der Waals surface area contributed by atoms with Crippen molar-refractivity contribution in [3.05, 3.63) is 29.3 Å². The molecule has 0 radical (unpaired) electrons. The molecule has 0 saturated heterocycles. The molecule has 0 heterocycles. The number of aliphatic hydroxyl groups is 1.